The maximum absolute atomic E-state index is 12.5. The molecule has 0 aromatic carbocycles. The Balaban J connectivity index is 1.99. The van der Waals surface area contributed by atoms with E-state index in [0.29, 0.717) is 22.5 Å². The summed E-state index contributed by atoms with van der Waals surface area (Å²) in [5, 5.41) is 7.65. The molecule has 0 spiro atoms. The van der Waals surface area contributed by atoms with Gasteiger partial charge >= 0.3 is 0 Å². The van der Waals surface area contributed by atoms with E-state index >= 15 is 0 Å². The Labute approximate surface area is 128 Å². The molecule has 0 bridgehead atoms. The predicted molar refractivity (Wildman–Crippen MR) is 81.7 cm³/mol. The van der Waals surface area contributed by atoms with Gasteiger partial charge in [-0.25, -0.2) is 10.9 Å². The standard InChI is InChI=1S/C14H9N3O2S2/c15-17-12(8-4-2-6-21-8)10-9(14(17)19)11(16-13(10)18)7-3-1-5-20-7/h1-6H,15H2,(H,16,18). The van der Waals surface area contributed by atoms with Crippen molar-refractivity contribution in [3.63, 3.8) is 0 Å². The number of fused-ring (bicyclic) bond motifs is 1. The van der Waals surface area contributed by atoms with Crippen molar-refractivity contribution in [2.24, 2.45) is 5.84 Å². The maximum Gasteiger partial charge on any atom is 0.275 e. The van der Waals surface area contributed by atoms with Crippen LogP contribution in [0.2, 0.25) is 0 Å². The lowest BCUT2D eigenvalue weighted by molar-refractivity contribution is -0.123. The third-order valence-electron chi connectivity index (χ3n) is 3.40. The van der Waals surface area contributed by atoms with Crippen molar-refractivity contribution in [3.8, 4) is 0 Å². The van der Waals surface area contributed by atoms with Gasteiger partial charge in [0.15, 0.2) is 0 Å². The monoisotopic (exact) mass is 315 g/mol. The number of nitrogens with two attached hydrogens (primary N) is 1. The minimum absolute atomic E-state index is 0.280. The first-order valence-electron chi connectivity index (χ1n) is 6.15. The quantitative estimate of drug-likeness (QED) is 0.655. The first-order chi connectivity index (χ1) is 10.2. The number of carbonyl (C=O) groups is 2. The molecule has 2 aromatic heterocycles. The fourth-order valence-corrected chi connectivity index (χ4v) is 4.02. The van der Waals surface area contributed by atoms with Gasteiger partial charge in [-0.15, -0.1) is 22.7 Å². The van der Waals surface area contributed by atoms with Crippen molar-refractivity contribution in [3.05, 3.63) is 55.9 Å². The molecule has 0 atom stereocenters. The summed E-state index contributed by atoms with van der Waals surface area (Å²) < 4.78 is 0. The molecule has 0 fully saturated rings. The molecule has 104 valence electrons. The summed E-state index contributed by atoms with van der Waals surface area (Å²) in [5.41, 5.74) is 1.77. The molecular weight excluding hydrogens is 306 g/mol. The zero-order chi connectivity index (χ0) is 14.6. The van der Waals surface area contributed by atoms with Crippen LogP contribution in [0.1, 0.15) is 9.75 Å². The van der Waals surface area contributed by atoms with Crippen molar-refractivity contribution >= 4 is 45.9 Å². The van der Waals surface area contributed by atoms with Crippen LogP contribution in [0.25, 0.3) is 11.4 Å². The zero-order valence-corrected chi connectivity index (χ0v) is 12.3. The van der Waals surface area contributed by atoms with Crippen LogP contribution in [0.3, 0.4) is 0 Å². The van der Waals surface area contributed by atoms with Crippen molar-refractivity contribution in [1.29, 1.82) is 0 Å². The van der Waals surface area contributed by atoms with Gasteiger partial charge in [0, 0.05) is 0 Å². The van der Waals surface area contributed by atoms with Crippen molar-refractivity contribution in [1.82, 2.24) is 10.3 Å². The van der Waals surface area contributed by atoms with Crippen LogP contribution in [0, 0.1) is 0 Å². The van der Waals surface area contributed by atoms with Crippen LogP contribution in [-0.4, -0.2) is 16.8 Å². The van der Waals surface area contributed by atoms with Gasteiger partial charge in [0.1, 0.15) is 0 Å². The fourth-order valence-electron chi connectivity index (χ4n) is 2.52. The SMILES string of the molecule is NN1C(=O)C2=C(c3cccs3)NC(=O)C2=C1c1cccs1. The van der Waals surface area contributed by atoms with E-state index in [-0.39, 0.29) is 11.8 Å². The molecule has 7 heteroatoms. The Bertz CT molecular complexity index is 817. The lowest BCUT2D eigenvalue weighted by Gasteiger charge is -2.13. The van der Waals surface area contributed by atoms with Crippen LogP contribution in [0.15, 0.2) is 46.2 Å². The second-order valence-corrected chi connectivity index (χ2v) is 6.45. The largest absolute Gasteiger partial charge is 0.320 e. The number of hydrazine groups is 1. The maximum atomic E-state index is 12.5. The minimum Gasteiger partial charge on any atom is -0.320 e. The lowest BCUT2D eigenvalue weighted by atomic mass is 10.1. The summed E-state index contributed by atoms with van der Waals surface area (Å²) in [4.78, 5) is 26.4. The zero-order valence-electron chi connectivity index (χ0n) is 10.6. The number of nitrogens with one attached hydrogen (secondary N) is 1. The molecule has 0 aliphatic carbocycles. The Morgan fingerprint density at radius 2 is 1.67 bits per heavy atom. The summed E-state index contributed by atoms with van der Waals surface area (Å²) in [7, 11) is 0. The second kappa shape index (κ2) is 4.39. The van der Waals surface area contributed by atoms with E-state index in [9.17, 15) is 9.59 Å². The molecule has 0 unspecified atom stereocenters. The first kappa shape index (κ1) is 12.5. The van der Waals surface area contributed by atoms with Gasteiger partial charge in [0.25, 0.3) is 11.8 Å². The number of nitrogens with zero attached hydrogens (tertiary/aromatic N) is 1. The molecule has 4 rings (SSSR count). The van der Waals surface area contributed by atoms with Gasteiger partial charge in [-0.1, -0.05) is 12.1 Å². The number of thiophene rings is 2. The number of carbonyl (C=O) groups excluding carboxylic acids is 2. The summed E-state index contributed by atoms with van der Waals surface area (Å²) in [6.45, 7) is 0. The van der Waals surface area contributed by atoms with Gasteiger partial charge in [0.2, 0.25) is 0 Å². The summed E-state index contributed by atoms with van der Waals surface area (Å²) in [6, 6.07) is 7.45. The Morgan fingerprint density at radius 1 is 1.00 bits per heavy atom. The Morgan fingerprint density at radius 3 is 2.29 bits per heavy atom. The topological polar surface area (TPSA) is 75.4 Å². The summed E-state index contributed by atoms with van der Waals surface area (Å²) in [6.07, 6.45) is 0. The second-order valence-electron chi connectivity index (χ2n) is 4.56. The molecule has 3 N–H and O–H groups in total. The molecule has 2 amide bonds. The van der Waals surface area contributed by atoms with Gasteiger partial charge in [-0.05, 0) is 22.9 Å². The smallest absolute Gasteiger partial charge is 0.275 e. The van der Waals surface area contributed by atoms with E-state index in [1.165, 1.54) is 22.7 Å². The van der Waals surface area contributed by atoms with Crippen molar-refractivity contribution in [2.75, 3.05) is 0 Å². The van der Waals surface area contributed by atoms with Gasteiger partial charge in [-0.2, -0.15) is 0 Å². The Hall–Kier alpha value is -2.22. The molecule has 0 radical (unpaired) electrons. The van der Waals surface area contributed by atoms with Crippen LogP contribution in [0.4, 0.5) is 0 Å². The number of hydrogen-bond donors (Lipinski definition) is 2. The third-order valence-corrected chi connectivity index (χ3v) is 5.16. The highest BCUT2D eigenvalue weighted by atomic mass is 32.1. The van der Waals surface area contributed by atoms with Crippen LogP contribution in [0.5, 0.6) is 0 Å². The highest BCUT2D eigenvalue weighted by Gasteiger charge is 2.45. The van der Waals surface area contributed by atoms with E-state index in [2.05, 4.69) is 5.32 Å². The van der Waals surface area contributed by atoms with Gasteiger partial charge in [-0.3, -0.25) is 9.59 Å². The van der Waals surface area contributed by atoms with Crippen LogP contribution < -0.4 is 11.2 Å². The molecule has 5 nitrogen and oxygen atoms in total. The van der Waals surface area contributed by atoms with Gasteiger partial charge in [0.05, 0.1) is 32.3 Å². The van der Waals surface area contributed by atoms with E-state index in [1.54, 1.807) is 0 Å². The van der Waals surface area contributed by atoms with Gasteiger partial charge < -0.3 is 5.32 Å². The molecular formula is C14H9N3O2S2. The first-order valence-corrected chi connectivity index (χ1v) is 7.91. The predicted octanol–water partition coefficient (Wildman–Crippen LogP) is 1.78. The molecule has 0 saturated carbocycles. The average molecular weight is 315 g/mol. The number of amides is 2. The molecule has 0 saturated heterocycles. The molecule has 2 aromatic rings. The molecule has 21 heavy (non-hydrogen) atoms. The van der Waals surface area contributed by atoms with Crippen molar-refractivity contribution in [2.45, 2.75) is 0 Å². The lowest BCUT2D eigenvalue weighted by Crippen LogP contribution is -2.33. The third kappa shape index (κ3) is 1.65. The number of hydrogen-bond acceptors (Lipinski definition) is 5. The highest BCUT2D eigenvalue weighted by Crippen LogP contribution is 2.42. The van der Waals surface area contributed by atoms with Crippen LogP contribution >= 0.6 is 22.7 Å². The highest BCUT2D eigenvalue weighted by molar-refractivity contribution is 7.11. The summed E-state index contributed by atoms with van der Waals surface area (Å²) >= 11 is 2.91. The molecule has 4 heterocycles. The van der Waals surface area contributed by atoms with E-state index in [0.717, 1.165) is 14.8 Å². The van der Waals surface area contributed by atoms with E-state index < -0.39 is 0 Å². The number of rotatable bonds is 2. The van der Waals surface area contributed by atoms with E-state index in [4.69, 9.17) is 5.84 Å². The summed E-state index contributed by atoms with van der Waals surface area (Å²) in [5.74, 6) is 5.27. The Kier molecular flexibility index (Phi) is 2.61. The van der Waals surface area contributed by atoms with Crippen molar-refractivity contribution < 1.29 is 9.59 Å². The normalized spacial score (nSPS) is 17.9. The fraction of sp³-hybridized carbons (Fsp3) is 0. The van der Waals surface area contributed by atoms with Crippen LogP contribution in [-0.2, 0) is 9.59 Å². The average Bonchev–Trinajstić information content (AvgIpc) is 3.20. The minimum atomic E-state index is -0.352. The van der Waals surface area contributed by atoms with E-state index in [1.807, 2.05) is 35.0 Å². The molecule has 2 aliphatic heterocycles. The molecule has 2 aliphatic rings.